The summed E-state index contributed by atoms with van der Waals surface area (Å²) >= 11 is 7.15. The molecule has 1 fully saturated rings. The van der Waals surface area contributed by atoms with Crippen molar-refractivity contribution < 1.29 is 22.8 Å². The number of nitrogens with zero attached hydrogens (tertiary/aromatic N) is 2. The molecule has 2 heterocycles. The summed E-state index contributed by atoms with van der Waals surface area (Å²) < 4.78 is 40.1. The molecular formula is C20H15ClF3N3O2S. The van der Waals surface area contributed by atoms with Gasteiger partial charge in [-0.05, 0) is 43.3 Å². The number of fused-ring (bicyclic) bond motifs is 1. The van der Waals surface area contributed by atoms with E-state index in [0.717, 1.165) is 27.4 Å². The molecule has 4 rings (SSSR count). The Morgan fingerprint density at radius 3 is 2.77 bits per heavy atom. The van der Waals surface area contributed by atoms with Gasteiger partial charge in [-0.15, -0.1) is 11.3 Å². The molecule has 0 bridgehead atoms. The molecule has 0 radical (unpaired) electrons. The summed E-state index contributed by atoms with van der Waals surface area (Å²) in [7, 11) is 0. The fourth-order valence-electron chi connectivity index (χ4n) is 3.40. The number of rotatable bonds is 3. The summed E-state index contributed by atoms with van der Waals surface area (Å²) in [6, 6.07) is 8.63. The predicted octanol–water partition coefficient (Wildman–Crippen LogP) is 5.27. The van der Waals surface area contributed by atoms with Gasteiger partial charge < -0.3 is 10.2 Å². The Hall–Kier alpha value is -2.65. The first-order valence-electron chi connectivity index (χ1n) is 8.97. The zero-order chi connectivity index (χ0) is 21.6. The van der Waals surface area contributed by atoms with E-state index < -0.39 is 28.6 Å². The van der Waals surface area contributed by atoms with E-state index in [0.29, 0.717) is 5.69 Å². The molecule has 30 heavy (non-hydrogen) atoms. The maximum absolute atomic E-state index is 13.0. The van der Waals surface area contributed by atoms with Crippen molar-refractivity contribution in [3.8, 4) is 0 Å². The van der Waals surface area contributed by atoms with Crippen molar-refractivity contribution in [2.24, 2.45) is 5.92 Å². The third-order valence-corrected chi connectivity index (χ3v) is 6.11. The first-order valence-corrected chi connectivity index (χ1v) is 10.2. The number of aryl methyl sites for hydroxylation is 1. The number of hydrogen-bond acceptors (Lipinski definition) is 4. The second-order valence-corrected chi connectivity index (χ2v) is 8.61. The Morgan fingerprint density at radius 2 is 2.03 bits per heavy atom. The number of halogens is 4. The largest absolute Gasteiger partial charge is 0.417 e. The summed E-state index contributed by atoms with van der Waals surface area (Å²) in [5.41, 5.74) is 0.357. The average molecular weight is 454 g/mol. The van der Waals surface area contributed by atoms with E-state index in [2.05, 4.69) is 10.3 Å². The van der Waals surface area contributed by atoms with Crippen LogP contribution in [0.3, 0.4) is 0 Å². The van der Waals surface area contributed by atoms with Gasteiger partial charge in [-0.25, -0.2) is 4.98 Å². The van der Waals surface area contributed by atoms with Crippen molar-refractivity contribution in [3.63, 3.8) is 0 Å². The molecule has 1 N–H and O–H groups in total. The fraction of sp³-hybridized carbons (Fsp3) is 0.250. The van der Waals surface area contributed by atoms with Gasteiger partial charge in [0, 0.05) is 24.3 Å². The van der Waals surface area contributed by atoms with Crippen LogP contribution in [0.5, 0.6) is 0 Å². The Bertz CT molecular complexity index is 1160. The summed E-state index contributed by atoms with van der Waals surface area (Å²) in [6.07, 6.45) is -4.66. The number of benzene rings is 2. The Kier molecular flexibility index (Phi) is 5.19. The number of hydrogen-bond donors (Lipinski definition) is 1. The van der Waals surface area contributed by atoms with E-state index in [-0.39, 0.29) is 24.6 Å². The molecule has 10 heteroatoms. The quantitative estimate of drug-likeness (QED) is 0.587. The van der Waals surface area contributed by atoms with E-state index in [4.69, 9.17) is 11.6 Å². The van der Waals surface area contributed by atoms with Gasteiger partial charge in [0.1, 0.15) is 0 Å². The minimum absolute atomic E-state index is 0.0259. The van der Waals surface area contributed by atoms with E-state index >= 15 is 0 Å². The Morgan fingerprint density at radius 1 is 1.27 bits per heavy atom. The zero-order valence-corrected chi connectivity index (χ0v) is 17.2. The molecule has 0 saturated carbocycles. The lowest BCUT2D eigenvalue weighted by Gasteiger charge is -2.17. The van der Waals surface area contributed by atoms with Crippen molar-refractivity contribution in [2.75, 3.05) is 16.8 Å². The molecule has 0 aliphatic carbocycles. The average Bonchev–Trinajstić information content (AvgIpc) is 3.23. The van der Waals surface area contributed by atoms with Crippen LogP contribution in [0.15, 0.2) is 36.4 Å². The highest BCUT2D eigenvalue weighted by molar-refractivity contribution is 7.18. The molecule has 1 aromatic heterocycles. The number of nitrogens with one attached hydrogen (secondary N) is 1. The Labute approximate surface area is 178 Å². The molecule has 2 amide bonds. The van der Waals surface area contributed by atoms with Crippen LogP contribution in [0.1, 0.15) is 17.0 Å². The standard InChI is InChI=1S/C20H15ClF3N3O2S/c1-10-25-16-8-13(3-5-17(16)30-10)27-9-11(6-18(27)28)19(29)26-12-2-4-15(21)14(7-12)20(22,23)24/h2-5,7-8,11H,6,9H2,1H3,(H,26,29). The topological polar surface area (TPSA) is 62.3 Å². The third kappa shape index (κ3) is 3.99. The van der Waals surface area contributed by atoms with Crippen LogP contribution in [-0.2, 0) is 15.8 Å². The highest BCUT2D eigenvalue weighted by atomic mass is 35.5. The molecule has 1 atom stereocenters. The second-order valence-electron chi connectivity index (χ2n) is 6.97. The molecule has 156 valence electrons. The lowest BCUT2D eigenvalue weighted by atomic mass is 10.1. The molecular weight excluding hydrogens is 439 g/mol. The molecule has 1 aliphatic heterocycles. The number of carbonyl (C=O) groups is 2. The normalized spacial score (nSPS) is 17.0. The van der Waals surface area contributed by atoms with Gasteiger partial charge in [0.2, 0.25) is 11.8 Å². The van der Waals surface area contributed by atoms with Crippen LogP contribution in [0.2, 0.25) is 5.02 Å². The third-order valence-electron chi connectivity index (χ3n) is 4.82. The van der Waals surface area contributed by atoms with Gasteiger partial charge in [0.25, 0.3) is 0 Å². The molecule has 2 aromatic carbocycles. The van der Waals surface area contributed by atoms with E-state index in [1.54, 1.807) is 23.5 Å². The Balaban J connectivity index is 1.50. The molecule has 3 aromatic rings. The molecule has 1 unspecified atom stereocenters. The number of alkyl halides is 3. The van der Waals surface area contributed by atoms with Gasteiger partial charge in [0.15, 0.2) is 0 Å². The SMILES string of the molecule is Cc1nc2cc(N3CC(C(=O)Nc4ccc(Cl)c(C(F)(F)F)c4)CC3=O)ccc2s1. The second kappa shape index (κ2) is 7.55. The van der Waals surface area contributed by atoms with Crippen LogP contribution in [-0.4, -0.2) is 23.3 Å². The molecule has 0 spiro atoms. The number of anilines is 2. The smallest absolute Gasteiger partial charge is 0.326 e. The molecule has 1 saturated heterocycles. The van der Waals surface area contributed by atoms with E-state index in [1.165, 1.54) is 11.0 Å². The van der Waals surface area contributed by atoms with Gasteiger partial charge in [-0.3, -0.25) is 9.59 Å². The summed E-state index contributed by atoms with van der Waals surface area (Å²) in [5, 5.41) is 2.92. The van der Waals surface area contributed by atoms with Crippen LogP contribution in [0.4, 0.5) is 24.5 Å². The lowest BCUT2D eigenvalue weighted by Crippen LogP contribution is -2.28. The van der Waals surface area contributed by atoms with Crippen LogP contribution in [0, 0.1) is 12.8 Å². The number of thiazole rings is 1. The van der Waals surface area contributed by atoms with Crippen LogP contribution < -0.4 is 10.2 Å². The lowest BCUT2D eigenvalue weighted by molar-refractivity contribution is -0.137. The number of amides is 2. The van der Waals surface area contributed by atoms with Crippen molar-refractivity contribution in [1.82, 2.24) is 4.98 Å². The van der Waals surface area contributed by atoms with Gasteiger partial charge in [-0.2, -0.15) is 13.2 Å². The summed E-state index contributed by atoms with van der Waals surface area (Å²) in [5.74, 6) is -1.43. The van der Waals surface area contributed by atoms with E-state index in [9.17, 15) is 22.8 Å². The highest BCUT2D eigenvalue weighted by Crippen LogP contribution is 2.36. The predicted molar refractivity (Wildman–Crippen MR) is 110 cm³/mol. The zero-order valence-electron chi connectivity index (χ0n) is 15.6. The first-order chi connectivity index (χ1) is 14.1. The first kappa shape index (κ1) is 20.6. The van der Waals surface area contributed by atoms with Gasteiger partial charge in [-0.1, -0.05) is 11.6 Å². The number of aromatic nitrogens is 1. The molecule has 1 aliphatic rings. The van der Waals surface area contributed by atoms with Crippen LogP contribution in [0.25, 0.3) is 10.2 Å². The van der Waals surface area contributed by atoms with Crippen LogP contribution >= 0.6 is 22.9 Å². The molecule has 5 nitrogen and oxygen atoms in total. The van der Waals surface area contributed by atoms with Crippen molar-refractivity contribution in [2.45, 2.75) is 19.5 Å². The minimum atomic E-state index is -4.63. The van der Waals surface area contributed by atoms with Crippen molar-refractivity contribution in [3.05, 3.63) is 52.0 Å². The van der Waals surface area contributed by atoms with Crippen molar-refractivity contribution >= 4 is 56.3 Å². The number of carbonyl (C=O) groups excluding carboxylic acids is 2. The highest BCUT2D eigenvalue weighted by Gasteiger charge is 2.36. The monoisotopic (exact) mass is 453 g/mol. The fourth-order valence-corrected chi connectivity index (χ4v) is 4.43. The van der Waals surface area contributed by atoms with E-state index in [1.807, 2.05) is 13.0 Å². The van der Waals surface area contributed by atoms with Gasteiger partial charge in [0.05, 0.1) is 31.7 Å². The maximum atomic E-state index is 13.0. The summed E-state index contributed by atoms with van der Waals surface area (Å²) in [6.45, 7) is 2.03. The van der Waals surface area contributed by atoms with Crippen molar-refractivity contribution in [1.29, 1.82) is 0 Å². The maximum Gasteiger partial charge on any atom is 0.417 e. The summed E-state index contributed by atoms with van der Waals surface area (Å²) in [4.78, 5) is 31.0. The van der Waals surface area contributed by atoms with Gasteiger partial charge >= 0.3 is 6.18 Å². The minimum Gasteiger partial charge on any atom is -0.326 e.